The highest BCUT2D eigenvalue weighted by Crippen LogP contribution is 2.33. The second kappa shape index (κ2) is 8.35. The Kier molecular flexibility index (Phi) is 5.67. The normalized spacial score (nSPS) is 23.0. The van der Waals surface area contributed by atoms with E-state index in [-0.39, 0.29) is 18.1 Å². The van der Waals surface area contributed by atoms with Gasteiger partial charge in [-0.15, -0.1) is 0 Å². The Morgan fingerprint density at radius 1 is 1.25 bits per heavy atom. The minimum atomic E-state index is 0.151. The van der Waals surface area contributed by atoms with Gasteiger partial charge in [0, 0.05) is 17.4 Å². The van der Waals surface area contributed by atoms with Crippen LogP contribution in [0, 0.1) is 6.92 Å². The fraction of sp³-hybridized carbons (Fsp3) is 0.545. The van der Waals surface area contributed by atoms with Crippen molar-refractivity contribution >= 4 is 22.5 Å². The van der Waals surface area contributed by atoms with E-state index in [1.54, 1.807) is 0 Å². The van der Waals surface area contributed by atoms with Crippen molar-refractivity contribution in [1.82, 2.24) is 15.2 Å². The van der Waals surface area contributed by atoms with Crippen LogP contribution in [0.15, 0.2) is 24.3 Å². The number of rotatable bonds is 5. The maximum absolute atomic E-state index is 12.2. The van der Waals surface area contributed by atoms with Gasteiger partial charge in [-0.2, -0.15) is 0 Å². The van der Waals surface area contributed by atoms with Crippen LogP contribution in [0.3, 0.4) is 0 Å². The number of hydrogen-bond acceptors (Lipinski definition) is 5. The second-order valence-corrected chi connectivity index (χ2v) is 8.15. The van der Waals surface area contributed by atoms with E-state index in [9.17, 15) is 4.79 Å². The molecule has 0 spiro atoms. The molecule has 3 N–H and O–H groups in total. The van der Waals surface area contributed by atoms with Crippen LogP contribution in [0.25, 0.3) is 10.9 Å². The number of aryl methyl sites for hydroxylation is 1. The predicted molar refractivity (Wildman–Crippen MR) is 111 cm³/mol. The highest BCUT2D eigenvalue weighted by Gasteiger charge is 2.25. The molecule has 4 rings (SSSR count). The summed E-state index contributed by atoms with van der Waals surface area (Å²) in [6, 6.07) is 8.06. The Hall–Kier alpha value is -2.34. The number of nitrogens with one attached hydrogen (secondary N) is 1. The number of nitrogen functional groups attached to an aromatic ring is 1. The second-order valence-electron chi connectivity index (χ2n) is 8.15. The highest BCUT2D eigenvalue weighted by molar-refractivity contribution is 5.95. The van der Waals surface area contributed by atoms with Gasteiger partial charge in [0.2, 0.25) is 5.91 Å². The van der Waals surface area contributed by atoms with Crippen molar-refractivity contribution in [2.45, 2.75) is 57.6 Å². The van der Waals surface area contributed by atoms with E-state index in [4.69, 9.17) is 10.5 Å². The Bertz CT molecular complexity index is 840. The number of carbonyl (C=O) groups is 1. The molecule has 0 atom stereocenters. The van der Waals surface area contributed by atoms with Gasteiger partial charge in [0.15, 0.2) is 0 Å². The third-order valence-corrected chi connectivity index (χ3v) is 5.85. The van der Waals surface area contributed by atoms with Crippen molar-refractivity contribution in [3.63, 3.8) is 0 Å². The van der Waals surface area contributed by atoms with E-state index in [0.29, 0.717) is 12.2 Å². The number of anilines is 1. The zero-order valence-corrected chi connectivity index (χ0v) is 16.6. The number of fused-ring (bicyclic) bond motifs is 1. The van der Waals surface area contributed by atoms with Crippen molar-refractivity contribution in [2.75, 3.05) is 25.4 Å². The highest BCUT2D eigenvalue weighted by atomic mass is 16.5. The van der Waals surface area contributed by atoms with Crippen LogP contribution in [0.5, 0.6) is 5.75 Å². The lowest BCUT2D eigenvalue weighted by Crippen LogP contribution is -2.43. The number of benzene rings is 1. The summed E-state index contributed by atoms with van der Waals surface area (Å²) in [6.07, 6.45) is 6.35. The van der Waals surface area contributed by atoms with E-state index >= 15 is 0 Å². The number of likely N-dealkylation sites (tertiary alicyclic amines) is 1. The third-order valence-electron chi connectivity index (χ3n) is 5.85. The molecule has 0 unspecified atom stereocenters. The van der Waals surface area contributed by atoms with Gasteiger partial charge in [-0.3, -0.25) is 14.7 Å². The molecule has 2 aliphatic rings. The smallest absolute Gasteiger partial charge is 0.234 e. The first-order valence-electron chi connectivity index (χ1n) is 10.4. The van der Waals surface area contributed by atoms with Crippen LogP contribution >= 0.6 is 0 Å². The number of pyridine rings is 1. The zero-order valence-electron chi connectivity index (χ0n) is 16.6. The van der Waals surface area contributed by atoms with Crippen LogP contribution in [-0.4, -0.2) is 47.6 Å². The van der Waals surface area contributed by atoms with Crippen molar-refractivity contribution in [3.8, 4) is 5.75 Å². The molecule has 2 fully saturated rings. The van der Waals surface area contributed by atoms with Gasteiger partial charge in [0.1, 0.15) is 5.75 Å². The molecule has 2 heterocycles. The van der Waals surface area contributed by atoms with Crippen LogP contribution in [0.2, 0.25) is 0 Å². The lowest BCUT2D eigenvalue weighted by atomic mass is 9.93. The standard InChI is InChI=1S/C22H30N4O2/c1-15-13-18(23)22-19(24-15)5-4-6-20(22)28-17-9-7-16(8-10-17)25-21(27)14-26-11-2-3-12-26/h4-6,13,16-17H,2-3,7-12,14H2,1H3,(H2,23,24)(H,25,27)/t16-,17-. The summed E-state index contributed by atoms with van der Waals surface area (Å²) < 4.78 is 6.31. The molecule has 1 amide bonds. The largest absolute Gasteiger partial charge is 0.490 e. The number of nitrogens with zero attached hydrogens (tertiary/aromatic N) is 2. The number of ether oxygens (including phenoxy) is 1. The van der Waals surface area contributed by atoms with Gasteiger partial charge in [-0.25, -0.2) is 0 Å². The first-order chi connectivity index (χ1) is 13.6. The number of hydrogen-bond donors (Lipinski definition) is 2. The molecule has 1 aliphatic carbocycles. The van der Waals surface area contributed by atoms with Crippen LogP contribution < -0.4 is 15.8 Å². The number of carbonyl (C=O) groups excluding carboxylic acids is 1. The maximum atomic E-state index is 12.2. The van der Waals surface area contributed by atoms with Crippen molar-refractivity contribution in [1.29, 1.82) is 0 Å². The van der Waals surface area contributed by atoms with Crippen LogP contribution in [0.4, 0.5) is 5.69 Å². The minimum absolute atomic E-state index is 0.151. The molecule has 1 aromatic heterocycles. The average molecular weight is 383 g/mol. The quantitative estimate of drug-likeness (QED) is 0.831. The molecule has 2 aromatic rings. The molecule has 1 saturated heterocycles. The summed E-state index contributed by atoms with van der Waals surface area (Å²) in [5.41, 5.74) is 8.73. The number of amides is 1. The van der Waals surface area contributed by atoms with E-state index < -0.39 is 0 Å². The summed E-state index contributed by atoms with van der Waals surface area (Å²) in [5.74, 6) is 0.971. The number of nitrogens with two attached hydrogens (primary N) is 1. The lowest BCUT2D eigenvalue weighted by molar-refractivity contribution is -0.123. The van der Waals surface area contributed by atoms with E-state index in [0.717, 1.165) is 61.1 Å². The van der Waals surface area contributed by atoms with Crippen molar-refractivity contribution in [3.05, 3.63) is 30.0 Å². The van der Waals surface area contributed by atoms with Crippen LogP contribution in [0.1, 0.15) is 44.2 Å². The SMILES string of the molecule is Cc1cc(N)c2c(O[C@H]3CC[C@H](NC(=O)CN4CCCC4)CC3)cccc2n1. The monoisotopic (exact) mass is 382 g/mol. The summed E-state index contributed by atoms with van der Waals surface area (Å²) in [6.45, 7) is 4.59. The van der Waals surface area contributed by atoms with Gasteiger partial charge >= 0.3 is 0 Å². The molecule has 1 saturated carbocycles. The van der Waals surface area contributed by atoms with Gasteiger partial charge < -0.3 is 15.8 Å². The first-order valence-corrected chi connectivity index (χ1v) is 10.4. The molecular formula is C22H30N4O2. The lowest BCUT2D eigenvalue weighted by Gasteiger charge is -2.30. The molecule has 0 bridgehead atoms. The molecule has 1 aromatic carbocycles. The first kappa shape index (κ1) is 19.0. The molecule has 0 radical (unpaired) electrons. The third kappa shape index (κ3) is 4.38. The average Bonchev–Trinajstić information content (AvgIpc) is 3.16. The van der Waals surface area contributed by atoms with Crippen molar-refractivity contribution in [2.24, 2.45) is 0 Å². The fourth-order valence-electron chi connectivity index (χ4n) is 4.44. The molecule has 6 nitrogen and oxygen atoms in total. The molecule has 150 valence electrons. The Labute approximate surface area is 166 Å². The van der Waals surface area contributed by atoms with Gasteiger partial charge in [0.25, 0.3) is 0 Å². The van der Waals surface area contributed by atoms with Gasteiger partial charge in [-0.1, -0.05) is 6.07 Å². The Balaban J connectivity index is 1.32. The van der Waals surface area contributed by atoms with E-state index in [1.807, 2.05) is 31.2 Å². The van der Waals surface area contributed by atoms with Gasteiger partial charge in [0.05, 0.1) is 23.6 Å². The van der Waals surface area contributed by atoms with E-state index in [2.05, 4.69) is 15.2 Å². The topological polar surface area (TPSA) is 80.5 Å². The summed E-state index contributed by atoms with van der Waals surface area (Å²) in [5, 5.41) is 4.11. The molecule has 28 heavy (non-hydrogen) atoms. The summed E-state index contributed by atoms with van der Waals surface area (Å²) in [4.78, 5) is 19.1. The van der Waals surface area contributed by atoms with E-state index in [1.165, 1.54) is 12.8 Å². The predicted octanol–water partition coefficient (Wildman–Crippen LogP) is 3.03. The molecule has 6 heteroatoms. The van der Waals surface area contributed by atoms with Gasteiger partial charge in [-0.05, 0) is 76.7 Å². The van der Waals surface area contributed by atoms with Crippen LogP contribution in [-0.2, 0) is 4.79 Å². The van der Waals surface area contributed by atoms with Crippen molar-refractivity contribution < 1.29 is 9.53 Å². The number of aromatic nitrogens is 1. The molecular weight excluding hydrogens is 352 g/mol. The zero-order chi connectivity index (χ0) is 19.5. The summed E-state index contributed by atoms with van der Waals surface area (Å²) >= 11 is 0. The molecule has 1 aliphatic heterocycles. The fourth-order valence-corrected chi connectivity index (χ4v) is 4.44. The Morgan fingerprint density at radius 3 is 2.75 bits per heavy atom. The Morgan fingerprint density at radius 2 is 2.00 bits per heavy atom. The maximum Gasteiger partial charge on any atom is 0.234 e. The summed E-state index contributed by atoms with van der Waals surface area (Å²) in [7, 11) is 0. The minimum Gasteiger partial charge on any atom is -0.490 e.